The van der Waals surface area contributed by atoms with Gasteiger partial charge < -0.3 is 10.6 Å². The van der Waals surface area contributed by atoms with E-state index in [0.29, 0.717) is 6.54 Å². The van der Waals surface area contributed by atoms with Crippen molar-refractivity contribution in [3.8, 4) is 0 Å². The number of para-hydroxylation sites is 1. The normalized spacial score (nSPS) is 11.0. The van der Waals surface area contributed by atoms with Gasteiger partial charge in [0.15, 0.2) is 5.96 Å². The highest BCUT2D eigenvalue weighted by molar-refractivity contribution is 14.0. The maximum absolute atomic E-state index is 4.73. The summed E-state index contributed by atoms with van der Waals surface area (Å²) in [4.78, 5) is 4.73. The van der Waals surface area contributed by atoms with Crippen LogP contribution in [0.5, 0.6) is 0 Å². The molecule has 0 fully saturated rings. The van der Waals surface area contributed by atoms with Crippen molar-refractivity contribution in [3.63, 3.8) is 0 Å². The Morgan fingerprint density at radius 3 is 2.44 bits per heavy atom. The number of guanidine groups is 1. The van der Waals surface area contributed by atoms with E-state index in [1.54, 1.807) is 0 Å². The van der Waals surface area contributed by atoms with E-state index in [-0.39, 0.29) is 24.0 Å². The van der Waals surface area contributed by atoms with Crippen LogP contribution in [0.3, 0.4) is 0 Å². The fourth-order valence-corrected chi connectivity index (χ4v) is 2.62. The predicted octanol–water partition coefficient (Wildman–Crippen LogP) is 4.15. The Morgan fingerprint density at radius 1 is 1.04 bits per heavy atom. The number of hydrogen-bond donors (Lipinski definition) is 2. The van der Waals surface area contributed by atoms with E-state index in [4.69, 9.17) is 4.99 Å². The molecule has 5 nitrogen and oxygen atoms in total. The molecule has 0 unspecified atom stereocenters. The van der Waals surface area contributed by atoms with E-state index in [0.717, 1.165) is 24.6 Å². The van der Waals surface area contributed by atoms with Crippen LogP contribution in [-0.4, -0.2) is 22.3 Å². The third-order valence-corrected chi connectivity index (χ3v) is 4.17. The Hall–Kier alpha value is -2.35. The number of halogens is 1. The van der Waals surface area contributed by atoms with Crippen molar-refractivity contribution in [2.24, 2.45) is 12.0 Å². The van der Waals surface area contributed by atoms with Gasteiger partial charge in [-0.3, -0.25) is 4.68 Å². The highest BCUT2D eigenvalue weighted by Crippen LogP contribution is 2.07. The Bertz CT molecular complexity index is 841. The average molecular weight is 475 g/mol. The third-order valence-electron chi connectivity index (χ3n) is 4.17. The van der Waals surface area contributed by atoms with Crippen molar-refractivity contribution >= 4 is 35.6 Å². The van der Waals surface area contributed by atoms with Crippen LogP contribution in [0.25, 0.3) is 0 Å². The summed E-state index contributed by atoms with van der Waals surface area (Å²) in [6.45, 7) is 3.51. The molecule has 2 N–H and O–H groups in total. The van der Waals surface area contributed by atoms with Crippen LogP contribution in [0.2, 0.25) is 0 Å². The van der Waals surface area contributed by atoms with Gasteiger partial charge >= 0.3 is 0 Å². The number of aromatic nitrogens is 2. The second-order valence-electron chi connectivity index (χ2n) is 6.26. The van der Waals surface area contributed by atoms with Crippen molar-refractivity contribution in [2.45, 2.75) is 19.9 Å². The first-order valence-electron chi connectivity index (χ1n) is 8.83. The van der Waals surface area contributed by atoms with Crippen LogP contribution in [0, 0.1) is 6.92 Å². The van der Waals surface area contributed by atoms with Crippen molar-refractivity contribution in [2.75, 3.05) is 11.9 Å². The number of nitrogens with zero attached hydrogens (tertiary/aromatic N) is 3. The molecule has 3 aromatic rings. The molecular formula is C21H26IN5. The van der Waals surface area contributed by atoms with E-state index in [9.17, 15) is 0 Å². The minimum absolute atomic E-state index is 0. The van der Waals surface area contributed by atoms with Gasteiger partial charge in [-0.2, -0.15) is 5.10 Å². The Labute approximate surface area is 177 Å². The van der Waals surface area contributed by atoms with Crippen LogP contribution in [-0.2, 0) is 20.0 Å². The van der Waals surface area contributed by atoms with Crippen molar-refractivity contribution < 1.29 is 0 Å². The topological polar surface area (TPSA) is 54.2 Å². The molecule has 142 valence electrons. The maximum atomic E-state index is 4.73. The van der Waals surface area contributed by atoms with Gasteiger partial charge in [0.25, 0.3) is 0 Å². The highest BCUT2D eigenvalue weighted by Gasteiger charge is 2.02. The lowest BCUT2D eigenvalue weighted by atomic mass is 10.1. The Kier molecular flexibility index (Phi) is 8.32. The van der Waals surface area contributed by atoms with Gasteiger partial charge in [0.2, 0.25) is 0 Å². The molecule has 0 saturated heterocycles. The quantitative estimate of drug-likeness (QED) is 0.320. The Morgan fingerprint density at radius 2 is 1.78 bits per heavy atom. The van der Waals surface area contributed by atoms with E-state index >= 15 is 0 Å². The van der Waals surface area contributed by atoms with Gasteiger partial charge in [0.05, 0.1) is 6.54 Å². The van der Waals surface area contributed by atoms with Crippen molar-refractivity contribution in [1.29, 1.82) is 0 Å². The van der Waals surface area contributed by atoms with Gasteiger partial charge in [0.1, 0.15) is 0 Å². The van der Waals surface area contributed by atoms with Gasteiger partial charge in [-0.05, 0) is 30.7 Å². The molecule has 6 heteroatoms. The second kappa shape index (κ2) is 10.7. The largest absolute Gasteiger partial charge is 0.356 e. The zero-order valence-electron chi connectivity index (χ0n) is 15.7. The number of benzene rings is 2. The van der Waals surface area contributed by atoms with Gasteiger partial charge in [-0.15, -0.1) is 24.0 Å². The van der Waals surface area contributed by atoms with Gasteiger partial charge in [-0.25, -0.2) is 4.99 Å². The summed E-state index contributed by atoms with van der Waals surface area (Å²) in [6, 6.07) is 20.6. The molecule has 1 heterocycles. The fraction of sp³-hybridized carbons (Fsp3) is 0.238. The molecule has 0 radical (unpaired) electrons. The van der Waals surface area contributed by atoms with Gasteiger partial charge in [0, 0.05) is 37.6 Å². The van der Waals surface area contributed by atoms with Gasteiger partial charge in [-0.1, -0.05) is 48.0 Å². The lowest BCUT2D eigenvalue weighted by molar-refractivity contribution is 0.694. The number of hydrogen-bond acceptors (Lipinski definition) is 2. The van der Waals surface area contributed by atoms with Crippen molar-refractivity contribution in [3.05, 3.63) is 83.7 Å². The van der Waals surface area contributed by atoms with Crippen LogP contribution < -0.4 is 10.6 Å². The molecule has 0 aliphatic carbocycles. The number of nitrogens with one attached hydrogen (secondary N) is 2. The molecule has 3 rings (SSSR count). The van der Waals surface area contributed by atoms with Crippen LogP contribution in [0.4, 0.5) is 5.69 Å². The molecule has 0 saturated carbocycles. The molecule has 1 aromatic heterocycles. The van der Waals surface area contributed by atoms with E-state index in [1.165, 1.54) is 16.8 Å². The third kappa shape index (κ3) is 6.71. The highest BCUT2D eigenvalue weighted by atomic mass is 127. The average Bonchev–Trinajstić information content (AvgIpc) is 3.07. The maximum Gasteiger partial charge on any atom is 0.196 e. The van der Waals surface area contributed by atoms with Crippen molar-refractivity contribution in [1.82, 2.24) is 15.1 Å². The summed E-state index contributed by atoms with van der Waals surface area (Å²) >= 11 is 0. The lowest BCUT2D eigenvalue weighted by Gasteiger charge is -2.13. The summed E-state index contributed by atoms with van der Waals surface area (Å²) in [5.74, 6) is 0.777. The summed E-state index contributed by atoms with van der Waals surface area (Å²) in [5.41, 5.74) is 4.66. The van der Waals surface area contributed by atoms with E-state index in [2.05, 4.69) is 46.9 Å². The molecule has 0 bridgehead atoms. The van der Waals surface area contributed by atoms with Crippen LogP contribution in [0.1, 0.15) is 16.8 Å². The monoisotopic (exact) mass is 475 g/mol. The Balaban J connectivity index is 0.00000261. The summed E-state index contributed by atoms with van der Waals surface area (Å²) in [7, 11) is 1.96. The first kappa shape index (κ1) is 21.0. The number of rotatable bonds is 6. The minimum Gasteiger partial charge on any atom is -0.356 e. The second-order valence-corrected chi connectivity index (χ2v) is 6.26. The molecule has 0 atom stereocenters. The SMILES string of the molecule is Cc1ccc(CN=C(NCCc2ccnn2C)Nc2ccccc2)cc1.I. The zero-order valence-corrected chi connectivity index (χ0v) is 18.1. The van der Waals surface area contributed by atoms with Crippen LogP contribution >= 0.6 is 24.0 Å². The first-order valence-corrected chi connectivity index (χ1v) is 8.83. The fourth-order valence-electron chi connectivity index (χ4n) is 2.62. The smallest absolute Gasteiger partial charge is 0.196 e. The molecule has 0 aliphatic rings. The lowest BCUT2D eigenvalue weighted by Crippen LogP contribution is -2.32. The van der Waals surface area contributed by atoms with E-state index < -0.39 is 0 Å². The molecule has 0 amide bonds. The minimum atomic E-state index is 0. The molecule has 27 heavy (non-hydrogen) atoms. The number of anilines is 1. The molecular weight excluding hydrogens is 449 g/mol. The van der Waals surface area contributed by atoms with Crippen LogP contribution in [0.15, 0.2) is 71.9 Å². The summed E-state index contributed by atoms with van der Waals surface area (Å²) in [6.07, 6.45) is 2.71. The first-order chi connectivity index (χ1) is 12.7. The number of aliphatic imine (C=N–C) groups is 1. The molecule has 0 aliphatic heterocycles. The molecule has 0 spiro atoms. The summed E-state index contributed by atoms with van der Waals surface area (Å²) < 4.78 is 1.90. The zero-order chi connectivity index (χ0) is 18.2. The predicted molar refractivity (Wildman–Crippen MR) is 123 cm³/mol. The number of aryl methyl sites for hydroxylation is 2. The summed E-state index contributed by atoms with van der Waals surface area (Å²) in [5, 5.41) is 11.0. The molecule has 2 aromatic carbocycles. The van der Waals surface area contributed by atoms with E-state index in [1.807, 2.05) is 54.3 Å². The standard InChI is InChI=1S/C21H25N5.HI/c1-17-8-10-18(11-9-17)16-23-21(25-19-6-4-3-5-7-19)22-14-12-20-13-15-24-26(20)2;/h3-11,13,15H,12,14,16H2,1-2H3,(H2,22,23,25);1H.